The van der Waals surface area contributed by atoms with Crippen molar-refractivity contribution in [1.29, 1.82) is 0 Å². The lowest BCUT2D eigenvalue weighted by molar-refractivity contribution is -0.113. The normalized spacial score (nSPS) is 10.8. The van der Waals surface area contributed by atoms with Gasteiger partial charge in [-0.05, 0) is 19.1 Å². The van der Waals surface area contributed by atoms with E-state index < -0.39 is 5.82 Å². The molecule has 0 bridgehead atoms. The minimum absolute atomic E-state index is 0.0341. The molecular formula is C14H13FN6O2S. The van der Waals surface area contributed by atoms with Crippen molar-refractivity contribution in [3.63, 3.8) is 0 Å². The molecule has 0 unspecified atom stereocenters. The van der Waals surface area contributed by atoms with Crippen molar-refractivity contribution in [2.75, 3.05) is 16.9 Å². The molecule has 2 aromatic heterocycles. The van der Waals surface area contributed by atoms with Gasteiger partial charge >= 0.3 is 0 Å². The second-order valence-electron chi connectivity index (χ2n) is 4.83. The number of aromatic nitrogens is 4. The Kier molecular flexibility index (Phi) is 4.47. The molecule has 8 nitrogen and oxygen atoms in total. The lowest BCUT2D eigenvalue weighted by Gasteiger charge is -2.04. The average molecular weight is 348 g/mol. The summed E-state index contributed by atoms with van der Waals surface area (Å²) in [5.41, 5.74) is 0.898. The van der Waals surface area contributed by atoms with Gasteiger partial charge in [-0.15, -0.1) is 10.2 Å². The van der Waals surface area contributed by atoms with Gasteiger partial charge in [-0.25, -0.2) is 9.07 Å². The molecule has 0 atom stereocenters. The molecule has 1 amide bonds. The van der Waals surface area contributed by atoms with Gasteiger partial charge in [0.25, 0.3) is 0 Å². The Bertz CT molecular complexity index is 878. The van der Waals surface area contributed by atoms with Crippen LogP contribution < -0.4 is 11.2 Å². The Balaban J connectivity index is 1.66. The first-order valence-electron chi connectivity index (χ1n) is 6.86. The molecule has 0 fully saturated rings. The van der Waals surface area contributed by atoms with Gasteiger partial charge in [-0.1, -0.05) is 29.1 Å². The molecular weight excluding hydrogens is 335 g/mol. The molecule has 0 saturated carbocycles. The maximum Gasteiger partial charge on any atom is 0.237 e. The van der Waals surface area contributed by atoms with Gasteiger partial charge in [0.2, 0.25) is 16.9 Å². The summed E-state index contributed by atoms with van der Waals surface area (Å²) in [4.78, 5) is 11.9. The van der Waals surface area contributed by atoms with E-state index in [0.717, 1.165) is 16.4 Å². The summed E-state index contributed by atoms with van der Waals surface area (Å²) >= 11 is 1.07. The standard InChI is InChI=1S/C14H13FN6O2S/c1-8-6-12(23-20-8)17-11(22)7-24-14-19-18-13(21(14)16)9-4-2-3-5-10(9)15/h2-6H,7,16H2,1H3,(H,17,22). The number of hydrogen-bond donors (Lipinski definition) is 2. The highest BCUT2D eigenvalue weighted by atomic mass is 32.2. The average Bonchev–Trinajstić information content (AvgIpc) is 3.12. The van der Waals surface area contributed by atoms with Crippen molar-refractivity contribution in [2.24, 2.45) is 0 Å². The number of halogens is 1. The zero-order valence-corrected chi connectivity index (χ0v) is 13.4. The summed E-state index contributed by atoms with van der Waals surface area (Å²) in [5, 5.41) is 14.3. The van der Waals surface area contributed by atoms with E-state index in [9.17, 15) is 9.18 Å². The van der Waals surface area contributed by atoms with E-state index in [1.165, 1.54) is 6.07 Å². The Morgan fingerprint density at radius 3 is 2.92 bits per heavy atom. The maximum atomic E-state index is 13.8. The van der Waals surface area contributed by atoms with Crippen LogP contribution in [0.15, 0.2) is 40.0 Å². The van der Waals surface area contributed by atoms with E-state index in [1.54, 1.807) is 31.2 Å². The summed E-state index contributed by atoms with van der Waals surface area (Å²) < 4.78 is 19.8. The fourth-order valence-corrected chi connectivity index (χ4v) is 2.58. The molecule has 3 aromatic rings. The quantitative estimate of drug-likeness (QED) is 0.534. The molecule has 1 aromatic carbocycles. The largest absolute Gasteiger partial charge is 0.338 e. The van der Waals surface area contributed by atoms with Crippen molar-refractivity contribution in [3.05, 3.63) is 41.8 Å². The summed E-state index contributed by atoms with van der Waals surface area (Å²) in [6.07, 6.45) is 0. The Hall–Kier alpha value is -2.88. The van der Waals surface area contributed by atoms with Crippen LogP contribution in [0.3, 0.4) is 0 Å². The maximum absolute atomic E-state index is 13.8. The van der Waals surface area contributed by atoms with Crippen molar-refractivity contribution in [2.45, 2.75) is 12.1 Å². The molecule has 0 radical (unpaired) electrons. The topological polar surface area (TPSA) is 112 Å². The highest BCUT2D eigenvalue weighted by molar-refractivity contribution is 7.99. The van der Waals surface area contributed by atoms with E-state index in [2.05, 4.69) is 20.7 Å². The number of amides is 1. The third-order valence-corrected chi connectivity index (χ3v) is 3.95. The smallest absolute Gasteiger partial charge is 0.237 e. The van der Waals surface area contributed by atoms with Gasteiger partial charge in [-0.3, -0.25) is 10.1 Å². The fourth-order valence-electron chi connectivity index (χ4n) is 1.93. The van der Waals surface area contributed by atoms with Gasteiger partial charge in [0.15, 0.2) is 5.82 Å². The number of carbonyl (C=O) groups is 1. The third kappa shape index (κ3) is 3.38. The lowest BCUT2D eigenvalue weighted by Crippen LogP contribution is -2.16. The van der Waals surface area contributed by atoms with Crippen LogP contribution in [0, 0.1) is 12.7 Å². The predicted octanol–water partition coefficient (Wildman–Crippen LogP) is 1.83. The molecule has 0 saturated heterocycles. The van der Waals surface area contributed by atoms with Gasteiger partial charge in [0.1, 0.15) is 5.82 Å². The number of nitrogen functional groups attached to an aromatic ring is 1. The second-order valence-corrected chi connectivity index (χ2v) is 5.77. The highest BCUT2D eigenvalue weighted by Crippen LogP contribution is 2.23. The number of anilines is 1. The monoisotopic (exact) mass is 348 g/mol. The number of thioether (sulfide) groups is 1. The number of hydrogen-bond acceptors (Lipinski definition) is 7. The van der Waals surface area contributed by atoms with Gasteiger partial charge in [0, 0.05) is 6.07 Å². The summed E-state index contributed by atoms with van der Waals surface area (Å²) in [5.74, 6) is 5.60. The van der Waals surface area contributed by atoms with Gasteiger partial charge < -0.3 is 10.4 Å². The molecule has 3 rings (SSSR count). The predicted molar refractivity (Wildman–Crippen MR) is 86.2 cm³/mol. The summed E-state index contributed by atoms with van der Waals surface area (Å²) in [6.45, 7) is 1.75. The van der Waals surface area contributed by atoms with Gasteiger partial charge in [-0.2, -0.15) is 0 Å². The minimum Gasteiger partial charge on any atom is -0.338 e. The highest BCUT2D eigenvalue weighted by Gasteiger charge is 2.16. The molecule has 10 heteroatoms. The van der Waals surface area contributed by atoms with Crippen molar-refractivity contribution in [3.8, 4) is 11.4 Å². The fraction of sp³-hybridized carbons (Fsp3) is 0.143. The van der Waals surface area contributed by atoms with E-state index >= 15 is 0 Å². The number of nitrogens with zero attached hydrogens (tertiary/aromatic N) is 4. The van der Waals surface area contributed by atoms with E-state index in [-0.39, 0.29) is 34.1 Å². The van der Waals surface area contributed by atoms with Crippen LogP contribution >= 0.6 is 11.8 Å². The zero-order valence-electron chi connectivity index (χ0n) is 12.6. The van der Waals surface area contributed by atoms with Gasteiger partial charge in [0.05, 0.1) is 17.0 Å². The second kappa shape index (κ2) is 6.71. The summed E-state index contributed by atoms with van der Waals surface area (Å²) in [7, 11) is 0. The first-order chi connectivity index (χ1) is 11.5. The molecule has 2 heterocycles. The molecule has 0 aliphatic carbocycles. The number of aryl methyl sites for hydroxylation is 1. The molecule has 3 N–H and O–H groups in total. The minimum atomic E-state index is -0.452. The molecule has 0 aliphatic heterocycles. The number of nitrogens with two attached hydrogens (primary N) is 1. The van der Waals surface area contributed by atoms with Crippen LogP contribution in [0.2, 0.25) is 0 Å². The van der Waals surface area contributed by atoms with E-state index in [4.69, 9.17) is 10.4 Å². The molecule has 124 valence electrons. The van der Waals surface area contributed by atoms with Crippen LogP contribution in [-0.4, -0.2) is 31.7 Å². The van der Waals surface area contributed by atoms with Crippen LogP contribution in [0.25, 0.3) is 11.4 Å². The Labute approximate surface area is 140 Å². The van der Waals surface area contributed by atoms with Crippen molar-refractivity contribution in [1.82, 2.24) is 20.0 Å². The first kappa shape index (κ1) is 16.0. The van der Waals surface area contributed by atoms with Crippen LogP contribution in [0.1, 0.15) is 5.69 Å². The van der Waals surface area contributed by atoms with E-state index in [1.807, 2.05) is 0 Å². The van der Waals surface area contributed by atoms with Crippen LogP contribution in [-0.2, 0) is 4.79 Å². The Morgan fingerprint density at radius 1 is 1.42 bits per heavy atom. The molecule has 0 spiro atoms. The first-order valence-corrected chi connectivity index (χ1v) is 7.84. The number of benzene rings is 1. The third-order valence-electron chi connectivity index (χ3n) is 3.00. The van der Waals surface area contributed by atoms with Crippen LogP contribution in [0.5, 0.6) is 0 Å². The number of rotatable bonds is 5. The SMILES string of the molecule is Cc1cc(NC(=O)CSc2nnc(-c3ccccc3F)n2N)on1. The number of nitrogens with one attached hydrogen (secondary N) is 1. The molecule has 0 aliphatic rings. The van der Waals surface area contributed by atoms with Crippen LogP contribution in [0.4, 0.5) is 10.3 Å². The zero-order chi connectivity index (χ0) is 17.1. The summed E-state index contributed by atoms with van der Waals surface area (Å²) in [6, 6.07) is 7.71. The van der Waals surface area contributed by atoms with E-state index in [0.29, 0.717) is 5.69 Å². The molecule has 24 heavy (non-hydrogen) atoms. The van der Waals surface area contributed by atoms with Crippen molar-refractivity contribution < 1.29 is 13.7 Å². The Morgan fingerprint density at radius 2 is 2.21 bits per heavy atom. The lowest BCUT2D eigenvalue weighted by atomic mass is 10.2. The van der Waals surface area contributed by atoms with Crippen molar-refractivity contribution >= 4 is 23.6 Å². The number of carbonyl (C=O) groups excluding carboxylic acids is 1.